The molecule has 1 amide bonds. The highest BCUT2D eigenvalue weighted by atomic mass is 16.2. The average molecular weight is 338 g/mol. The van der Waals surface area contributed by atoms with E-state index in [-0.39, 0.29) is 17.0 Å². The number of pyridine rings is 2. The Labute approximate surface area is 146 Å². The molecule has 1 aliphatic carbocycles. The summed E-state index contributed by atoms with van der Waals surface area (Å²) in [5, 5.41) is 0. The third-order valence-corrected chi connectivity index (χ3v) is 5.10. The molecule has 1 N–H and O–H groups in total. The summed E-state index contributed by atoms with van der Waals surface area (Å²) in [6.45, 7) is 4.77. The van der Waals surface area contributed by atoms with E-state index in [4.69, 9.17) is 0 Å². The van der Waals surface area contributed by atoms with Gasteiger partial charge in [0.1, 0.15) is 5.56 Å². The number of aromatic amines is 1. The Hall–Kier alpha value is -2.63. The molecule has 0 unspecified atom stereocenters. The van der Waals surface area contributed by atoms with E-state index in [0.29, 0.717) is 19.0 Å². The molecule has 0 aromatic carbocycles. The number of rotatable bonds is 3. The number of aryl methyl sites for hydroxylation is 1. The predicted molar refractivity (Wildman–Crippen MR) is 96.1 cm³/mol. The number of hydrogen-bond acceptors (Lipinski definition) is 4. The van der Waals surface area contributed by atoms with Gasteiger partial charge in [0.05, 0.1) is 11.9 Å². The molecular formula is C19H22N4O2. The standard InChI is InChI=1S/C19H22N4O2/c1-13-6-7-20-12-17(13)22-8-10-23(11-9-22)19(25)15-4-5-16(14-2-3-14)21-18(15)24/h4-7,12,14H,2-3,8-11H2,1H3,(H,21,24). The van der Waals surface area contributed by atoms with Crippen LogP contribution in [0.2, 0.25) is 0 Å². The molecule has 0 spiro atoms. The maximum Gasteiger partial charge on any atom is 0.261 e. The Balaban J connectivity index is 1.44. The highest BCUT2D eigenvalue weighted by molar-refractivity contribution is 5.94. The normalized spacial score (nSPS) is 17.6. The van der Waals surface area contributed by atoms with Crippen molar-refractivity contribution in [3.63, 3.8) is 0 Å². The van der Waals surface area contributed by atoms with Gasteiger partial charge in [0, 0.05) is 38.1 Å². The van der Waals surface area contributed by atoms with Gasteiger partial charge in [0.15, 0.2) is 0 Å². The fourth-order valence-corrected chi connectivity index (χ4v) is 3.40. The van der Waals surface area contributed by atoms with Crippen molar-refractivity contribution in [1.29, 1.82) is 0 Å². The first-order valence-corrected chi connectivity index (χ1v) is 8.81. The molecule has 25 heavy (non-hydrogen) atoms. The third kappa shape index (κ3) is 3.16. The van der Waals surface area contributed by atoms with Crippen molar-refractivity contribution >= 4 is 11.6 Å². The highest BCUT2D eigenvalue weighted by Gasteiger charge is 2.27. The van der Waals surface area contributed by atoms with E-state index in [1.165, 1.54) is 5.56 Å². The Morgan fingerprint density at radius 1 is 1.16 bits per heavy atom. The van der Waals surface area contributed by atoms with Crippen LogP contribution in [-0.4, -0.2) is 47.0 Å². The van der Waals surface area contributed by atoms with Crippen LogP contribution >= 0.6 is 0 Å². The number of amides is 1. The minimum absolute atomic E-state index is 0.175. The van der Waals surface area contributed by atoms with E-state index in [1.54, 1.807) is 17.2 Å². The van der Waals surface area contributed by atoms with Crippen molar-refractivity contribution < 1.29 is 4.79 Å². The molecule has 1 aliphatic heterocycles. The van der Waals surface area contributed by atoms with Gasteiger partial charge in [-0.2, -0.15) is 0 Å². The van der Waals surface area contributed by atoms with Gasteiger partial charge in [-0.25, -0.2) is 0 Å². The van der Waals surface area contributed by atoms with Gasteiger partial charge in [-0.1, -0.05) is 0 Å². The summed E-state index contributed by atoms with van der Waals surface area (Å²) in [7, 11) is 0. The summed E-state index contributed by atoms with van der Waals surface area (Å²) in [4.78, 5) is 36.0. The van der Waals surface area contributed by atoms with E-state index in [9.17, 15) is 9.59 Å². The quantitative estimate of drug-likeness (QED) is 0.928. The predicted octanol–water partition coefficient (Wildman–Crippen LogP) is 1.92. The van der Waals surface area contributed by atoms with Crippen LogP contribution in [0, 0.1) is 6.92 Å². The Morgan fingerprint density at radius 2 is 1.92 bits per heavy atom. The maximum atomic E-state index is 12.7. The van der Waals surface area contributed by atoms with Crippen LogP contribution in [0.1, 0.15) is 40.4 Å². The van der Waals surface area contributed by atoms with Crippen LogP contribution in [0.3, 0.4) is 0 Å². The number of anilines is 1. The molecule has 1 saturated heterocycles. The summed E-state index contributed by atoms with van der Waals surface area (Å²) in [5.41, 5.74) is 3.23. The van der Waals surface area contributed by atoms with E-state index < -0.39 is 0 Å². The Bertz CT molecular complexity index is 848. The molecule has 3 heterocycles. The van der Waals surface area contributed by atoms with Crippen molar-refractivity contribution in [3.05, 3.63) is 57.8 Å². The molecule has 2 fully saturated rings. The van der Waals surface area contributed by atoms with Crippen molar-refractivity contribution in [3.8, 4) is 0 Å². The molecule has 2 aromatic rings. The second-order valence-corrected chi connectivity index (χ2v) is 6.87. The first-order chi connectivity index (χ1) is 12.1. The number of aromatic nitrogens is 2. The summed E-state index contributed by atoms with van der Waals surface area (Å²) >= 11 is 0. The van der Waals surface area contributed by atoms with E-state index in [0.717, 1.165) is 37.3 Å². The van der Waals surface area contributed by atoms with Crippen LogP contribution in [0.5, 0.6) is 0 Å². The molecule has 130 valence electrons. The molecule has 2 aromatic heterocycles. The zero-order valence-corrected chi connectivity index (χ0v) is 14.4. The highest BCUT2D eigenvalue weighted by Crippen LogP contribution is 2.38. The molecule has 4 rings (SSSR count). The SMILES string of the molecule is Cc1ccncc1N1CCN(C(=O)c2ccc(C3CC3)[nH]c2=O)CC1. The van der Waals surface area contributed by atoms with Gasteiger partial charge >= 0.3 is 0 Å². The van der Waals surface area contributed by atoms with Gasteiger partial charge < -0.3 is 14.8 Å². The smallest absolute Gasteiger partial charge is 0.261 e. The molecule has 6 heteroatoms. The van der Waals surface area contributed by atoms with Crippen molar-refractivity contribution in [2.24, 2.45) is 0 Å². The lowest BCUT2D eigenvalue weighted by molar-refractivity contribution is 0.0745. The van der Waals surface area contributed by atoms with Gasteiger partial charge in [-0.05, 0) is 49.4 Å². The summed E-state index contributed by atoms with van der Waals surface area (Å²) < 4.78 is 0. The number of hydrogen-bond donors (Lipinski definition) is 1. The second kappa shape index (κ2) is 6.35. The summed E-state index contributed by atoms with van der Waals surface area (Å²) in [6.07, 6.45) is 5.90. The third-order valence-electron chi connectivity index (χ3n) is 5.10. The van der Waals surface area contributed by atoms with Gasteiger partial charge in [-0.15, -0.1) is 0 Å². The Morgan fingerprint density at radius 3 is 2.56 bits per heavy atom. The van der Waals surface area contributed by atoms with Crippen LogP contribution in [0.4, 0.5) is 5.69 Å². The van der Waals surface area contributed by atoms with Gasteiger partial charge in [0.2, 0.25) is 0 Å². The first-order valence-electron chi connectivity index (χ1n) is 8.81. The number of carbonyl (C=O) groups excluding carboxylic acids is 1. The van der Waals surface area contributed by atoms with Crippen molar-refractivity contribution in [2.75, 3.05) is 31.1 Å². The van der Waals surface area contributed by atoms with Crippen molar-refractivity contribution in [2.45, 2.75) is 25.7 Å². The lowest BCUT2D eigenvalue weighted by atomic mass is 10.1. The molecule has 1 saturated carbocycles. The number of H-pyrrole nitrogens is 1. The Kier molecular flexibility index (Phi) is 4.03. The number of nitrogens with zero attached hydrogens (tertiary/aromatic N) is 3. The van der Waals surface area contributed by atoms with Crippen LogP contribution < -0.4 is 10.5 Å². The van der Waals surface area contributed by atoms with Crippen LogP contribution in [-0.2, 0) is 0 Å². The van der Waals surface area contributed by atoms with E-state index in [2.05, 4.69) is 21.8 Å². The lowest BCUT2D eigenvalue weighted by Gasteiger charge is -2.36. The minimum atomic E-state index is -0.264. The zero-order valence-electron chi connectivity index (χ0n) is 14.4. The molecule has 6 nitrogen and oxygen atoms in total. The van der Waals surface area contributed by atoms with Crippen LogP contribution in [0.25, 0.3) is 0 Å². The number of nitrogens with one attached hydrogen (secondary N) is 1. The van der Waals surface area contributed by atoms with Gasteiger partial charge in [0.25, 0.3) is 11.5 Å². The fraction of sp³-hybridized carbons (Fsp3) is 0.421. The van der Waals surface area contributed by atoms with Gasteiger partial charge in [-0.3, -0.25) is 14.6 Å². The maximum absolute atomic E-state index is 12.7. The van der Waals surface area contributed by atoms with Crippen molar-refractivity contribution in [1.82, 2.24) is 14.9 Å². The molecule has 0 atom stereocenters. The number of carbonyl (C=O) groups is 1. The summed E-state index contributed by atoms with van der Waals surface area (Å²) in [6, 6.07) is 5.57. The van der Waals surface area contributed by atoms with Crippen LogP contribution in [0.15, 0.2) is 35.4 Å². The second-order valence-electron chi connectivity index (χ2n) is 6.87. The monoisotopic (exact) mass is 338 g/mol. The van der Waals surface area contributed by atoms with E-state index >= 15 is 0 Å². The minimum Gasteiger partial charge on any atom is -0.367 e. The summed E-state index contributed by atoms with van der Waals surface area (Å²) in [5.74, 6) is 0.300. The first kappa shape index (κ1) is 15.9. The molecule has 2 aliphatic rings. The zero-order chi connectivity index (χ0) is 17.4. The van der Waals surface area contributed by atoms with E-state index in [1.807, 2.05) is 18.3 Å². The topological polar surface area (TPSA) is 69.3 Å². The largest absolute Gasteiger partial charge is 0.367 e. The number of piperazine rings is 1. The molecular weight excluding hydrogens is 316 g/mol. The lowest BCUT2D eigenvalue weighted by Crippen LogP contribution is -2.49. The average Bonchev–Trinajstić information content (AvgIpc) is 3.47. The molecule has 0 bridgehead atoms. The fourth-order valence-electron chi connectivity index (χ4n) is 3.40. The molecule has 0 radical (unpaired) electrons.